The van der Waals surface area contributed by atoms with Gasteiger partial charge in [0.05, 0.1) is 0 Å². The first-order valence-corrected chi connectivity index (χ1v) is 8.98. The van der Waals surface area contributed by atoms with Gasteiger partial charge in [-0.05, 0) is 49.0 Å². The van der Waals surface area contributed by atoms with E-state index >= 15 is 0 Å². The summed E-state index contributed by atoms with van der Waals surface area (Å²) in [5.74, 6) is 1.05. The van der Waals surface area contributed by atoms with Crippen LogP contribution < -0.4 is 16.2 Å². The SMILES string of the molecule is Cc1cccc(/C=C/C(=O)NNC(=S)N[C@@H]2CCC[C@@H](C)[C@@H]2C)c1. The molecular weight excluding hydrogens is 318 g/mol. The van der Waals surface area contributed by atoms with Gasteiger partial charge in [-0.2, -0.15) is 0 Å². The smallest absolute Gasteiger partial charge is 0.262 e. The number of hydrogen-bond acceptors (Lipinski definition) is 2. The highest BCUT2D eigenvalue weighted by Crippen LogP contribution is 2.29. The molecule has 0 aliphatic heterocycles. The molecule has 3 atom stereocenters. The highest BCUT2D eigenvalue weighted by atomic mass is 32.1. The molecule has 0 saturated heterocycles. The predicted octanol–water partition coefficient (Wildman–Crippen LogP) is 3.33. The van der Waals surface area contributed by atoms with E-state index in [0.29, 0.717) is 23.0 Å². The number of thiocarbonyl (C=S) groups is 1. The van der Waals surface area contributed by atoms with Crippen LogP contribution in [0.4, 0.5) is 0 Å². The van der Waals surface area contributed by atoms with Crippen molar-refractivity contribution in [2.75, 3.05) is 0 Å². The predicted molar refractivity (Wildman–Crippen MR) is 103 cm³/mol. The molecule has 1 amide bonds. The van der Waals surface area contributed by atoms with Gasteiger partial charge < -0.3 is 5.32 Å². The zero-order valence-electron chi connectivity index (χ0n) is 14.6. The summed E-state index contributed by atoms with van der Waals surface area (Å²) in [6.07, 6.45) is 6.90. The molecule has 1 aliphatic rings. The second kappa shape index (κ2) is 8.83. The molecule has 0 radical (unpaired) electrons. The first kappa shape index (κ1) is 18.5. The molecule has 3 N–H and O–H groups in total. The van der Waals surface area contributed by atoms with Crippen LogP contribution in [0.15, 0.2) is 30.3 Å². The van der Waals surface area contributed by atoms with Crippen molar-refractivity contribution >= 4 is 29.3 Å². The fraction of sp³-hybridized carbons (Fsp3) is 0.474. The largest absolute Gasteiger partial charge is 0.358 e. The van der Waals surface area contributed by atoms with Crippen LogP contribution in [-0.4, -0.2) is 17.1 Å². The van der Waals surface area contributed by atoms with Gasteiger partial charge in [0, 0.05) is 12.1 Å². The maximum absolute atomic E-state index is 11.9. The Bertz CT molecular complexity index is 614. The molecule has 1 aromatic rings. The van der Waals surface area contributed by atoms with Crippen molar-refractivity contribution < 1.29 is 4.79 Å². The first-order valence-electron chi connectivity index (χ1n) is 8.57. The van der Waals surface area contributed by atoms with Gasteiger partial charge in [0.2, 0.25) is 0 Å². The quantitative estimate of drug-likeness (QED) is 0.447. The molecule has 0 unspecified atom stereocenters. The maximum atomic E-state index is 11.9. The number of hydrazine groups is 1. The van der Waals surface area contributed by atoms with E-state index in [-0.39, 0.29) is 5.91 Å². The maximum Gasteiger partial charge on any atom is 0.262 e. The monoisotopic (exact) mass is 345 g/mol. The molecule has 130 valence electrons. The van der Waals surface area contributed by atoms with Crippen molar-refractivity contribution in [3.8, 4) is 0 Å². The fourth-order valence-electron chi connectivity index (χ4n) is 3.10. The number of aryl methyl sites for hydroxylation is 1. The minimum absolute atomic E-state index is 0.231. The fourth-order valence-corrected chi connectivity index (χ4v) is 3.30. The topological polar surface area (TPSA) is 53.2 Å². The van der Waals surface area contributed by atoms with Gasteiger partial charge in [-0.15, -0.1) is 0 Å². The third kappa shape index (κ3) is 5.64. The third-order valence-electron chi connectivity index (χ3n) is 4.79. The lowest BCUT2D eigenvalue weighted by Gasteiger charge is -2.35. The molecule has 1 aliphatic carbocycles. The molecule has 0 aromatic heterocycles. The zero-order chi connectivity index (χ0) is 17.5. The summed E-state index contributed by atoms with van der Waals surface area (Å²) in [5.41, 5.74) is 7.55. The Kier molecular flexibility index (Phi) is 6.79. The van der Waals surface area contributed by atoms with Crippen molar-refractivity contribution in [2.24, 2.45) is 11.8 Å². The van der Waals surface area contributed by atoms with Crippen LogP contribution in [0, 0.1) is 18.8 Å². The Labute approximate surface area is 150 Å². The number of carbonyl (C=O) groups is 1. The molecule has 0 bridgehead atoms. The Hall–Kier alpha value is -1.88. The van der Waals surface area contributed by atoms with E-state index < -0.39 is 0 Å². The Balaban J connectivity index is 1.76. The summed E-state index contributed by atoms with van der Waals surface area (Å²) in [5, 5.41) is 3.79. The molecule has 0 spiro atoms. The highest BCUT2D eigenvalue weighted by Gasteiger charge is 2.27. The second-order valence-corrected chi connectivity index (χ2v) is 7.12. The van der Waals surface area contributed by atoms with Crippen LogP contribution >= 0.6 is 12.2 Å². The summed E-state index contributed by atoms with van der Waals surface area (Å²) in [4.78, 5) is 11.9. The van der Waals surface area contributed by atoms with E-state index in [0.717, 1.165) is 17.5 Å². The minimum atomic E-state index is -0.231. The van der Waals surface area contributed by atoms with Gasteiger partial charge >= 0.3 is 0 Å². The minimum Gasteiger partial charge on any atom is -0.358 e. The van der Waals surface area contributed by atoms with Crippen LogP contribution in [-0.2, 0) is 4.79 Å². The zero-order valence-corrected chi connectivity index (χ0v) is 15.5. The molecule has 1 fully saturated rings. The van der Waals surface area contributed by atoms with E-state index in [1.165, 1.54) is 18.9 Å². The number of rotatable bonds is 3. The van der Waals surface area contributed by atoms with E-state index in [4.69, 9.17) is 12.2 Å². The molecule has 4 nitrogen and oxygen atoms in total. The van der Waals surface area contributed by atoms with Gasteiger partial charge in [-0.3, -0.25) is 15.6 Å². The molecule has 0 heterocycles. The summed E-state index contributed by atoms with van der Waals surface area (Å²) in [7, 11) is 0. The lowest BCUT2D eigenvalue weighted by Crippen LogP contribution is -2.52. The van der Waals surface area contributed by atoms with Crippen LogP contribution in [0.3, 0.4) is 0 Å². The van der Waals surface area contributed by atoms with Crippen LogP contribution in [0.2, 0.25) is 0 Å². The van der Waals surface area contributed by atoms with Crippen molar-refractivity contribution in [2.45, 2.75) is 46.1 Å². The summed E-state index contributed by atoms with van der Waals surface area (Å²) >= 11 is 5.28. The van der Waals surface area contributed by atoms with E-state index in [2.05, 4.69) is 30.0 Å². The second-order valence-electron chi connectivity index (χ2n) is 6.71. The molecule has 5 heteroatoms. The van der Waals surface area contributed by atoms with Crippen molar-refractivity contribution in [3.05, 3.63) is 41.5 Å². The van der Waals surface area contributed by atoms with Gasteiger partial charge in [0.1, 0.15) is 0 Å². The summed E-state index contributed by atoms with van der Waals surface area (Å²) in [6.45, 7) is 6.57. The molecule has 1 aromatic carbocycles. The number of hydrogen-bond donors (Lipinski definition) is 3. The normalized spacial score (nSPS) is 23.7. The van der Waals surface area contributed by atoms with Gasteiger partial charge in [0.25, 0.3) is 5.91 Å². The Morgan fingerprint density at radius 2 is 2.04 bits per heavy atom. The molecule has 1 saturated carbocycles. The van der Waals surface area contributed by atoms with Crippen molar-refractivity contribution in [1.29, 1.82) is 0 Å². The van der Waals surface area contributed by atoms with Crippen LogP contribution in [0.1, 0.15) is 44.2 Å². The van der Waals surface area contributed by atoms with Gasteiger partial charge in [-0.25, -0.2) is 0 Å². The molecule has 2 rings (SSSR count). The lowest BCUT2D eigenvalue weighted by molar-refractivity contribution is -0.116. The number of amides is 1. The molecule has 24 heavy (non-hydrogen) atoms. The van der Waals surface area contributed by atoms with Crippen molar-refractivity contribution in [1.82, 2.24) is 16.2 Å². The van der Waals surface area contributed by atoms with Gasteiger partial charge in [-0.1, -0.05) is 56.5 Å². The Morgan fingerprint density at radius 1 is 1.25 bits per heavy atom. The number of carbonyl (C=O) groups excluding carboxylic acids is 1. The number of nitrogens with one attached hydrogen (secondary N) is 3. The summed E-state index contributed by atoms with van der Waals surface area (Å²) < 4.78 is 0. The van der Waals surface area contributed by atoms with Gasteiger partial charge in [0.15, 0.2) is 5.11 Å². The standard InChI is InChI=1S/C19H27N3OS/c1-13-6-4-8-16(12-13)10-11-18(23)21-22-19(24)20-17-9-5-7-14(2)15(17)3/h4,6,8,10-12,14-15,17H,5,7,9H2,1-3H3,(H,21,23)(H2,20,22,24)/b11-10+/t14-,15+,17-/m1/s1. The average molecular weight is 346 g/mol. The van der Waals surface area contributed by atoms with E-state index in [1.54, 1.807) is 6.08 Å². The third-order valence-corrected chi connectivity index (χ3v) is 5.01. The Morgan fingerprint density at radius 3 is 2.79 bits per heavy atom. The van der Waals surface area contributed by atoms with Crippen molar-refractivity contribution in [3.63, 3.8) is 0 Å². The number of benzene rings is 1. The van der Waals surface area contributed by atoms with Crippen LogP contribution in [0.25, 0.3) is 6.08 Å². The van der Waals surface area contributed by atoms with E-state index in [9.17, 15) is 4.79 Å². The summed E-state index contributed by atoms with van der Waals surface area (Å²) in [6, 6.07) is 8.34. The average Bonchev–Trinajstić information content (AvgIpc) is 2.55. The highest BCUT2D eigenvalue weighted by molar-refractivity contribution is 7.80. The molecular formula is C19H27N3OS. The lowest BCUT2D eigenvalue weighted by atomic mass is 9.78. The van der Waals surface area contributed by atoms with E-state index in [1.807, 2.05) is 31.2 Å². The van der Waals surface area contributed by atoms with Crippen LogP contribution in [0.5, 0.6) is 0 Å². The first-order chi connectivity index (χ1) is 11.5.